The number of aromatic nitrogens is 1. The monoisotopic (exact) mass is 283 g/mol. The van der Waals surface area contributed by atoms with E-state index in [4.69, 9.17) is 4.74 Å². The van der Waals surface area contributed by atoms with Gasteiger partial charge in [0.15, 0.2) is 0 Å². The lowest BCUT2D eigenvalue weighted by Crippen LogP contribution is -2.04. The van der Waals surface area contributed by atoms with Crippen LogP contribution in [0.4, 0.5) is 0 Å². The number of rotatable bonds is 2. The number of hydrogen-bond donors (Lipinski definition) is 2. The van der Waals surface area contributed by atoms with Crippen molar-refractivity contribution in [3.05, 3.63) is 28.4 Å². The number of benzene rings is 1. The Morgan fingerprint density at radius 1 is 1.56 bits per heavy atom. The first-order valence-corrected chi connectivity index (χ1v) is 5.60. The standard InChI is InChI=1S/C11H10BrNO3/c1-2-16-11(15)9-5-6-8(13-9)4-3-7(12)10(6)14/h3-5,13-14H,2H2,1H3. The van der Waals surface area contributed by atoms with Crippen molar-refractivity contribution in [3.63, 3.8) is 0 Å². The van der Waals surface area contributed by atoms with Crippen LogP contribution < -0.4 is 0 Å². The summed E-state index contributed by atoms with van der Waals surface area (Å²) in [6.07, 6.45) is 0. The lowest BCUT2D eigenvalue weighted by molar-refractivity contribution is 0.0520. The SMILES string of the molecule is CCOC(=O)c1cc2c(O)c(Br)ccc2[nH]1. The molecule has 16 heavy (non-hydrogen) atoms. The Hall–Kier alpha value is -1.49. The number of carbonyl (C=O) groups excluding carboxylic acids is 1. The van der Waals surface area contributed by atoms with E-state index >= 15 is 0 Å². The molecule has 1 heterocycles. The summed E-state index contributed by atoms with van der Waals surface area (Å²) >= 11 is 3.21. The van der Waals surface area contributed by atoms with Gasteiger partial charge < -0.3 is 14.8 Å². The van der Waals surface area contributed by atoms with Gasteiger partial charge in [-0.05, 0) is 41.1 Å². The third kappa shape index (κ3) is 1.78. The van der Waals surface area contributed by atoms with Crippen LogP contribution >= 0.6 is 15.9 Å². The number of aromatic amines is 1. The van der Waals surface area contributed by atoms with Crippen molar-refractivity contribution in [3.8, 4) is 5.75 Å². The minimum atomic E-state index is -0.422. The summed E-state index contributed by atoms with van der Waals surface area (Å²) in [7, 11) is 0. The highest BCUT2D eigenvalue weighted by atomic mass is 79.9. The van der Waals surface area contributed by atoms with E-state index in [0.717, 1.165) is 0 Å². The number of halogens is 1. The maximum atomic E-state index is 11.5. The maximum Gasteiger partial charge on any atom is 0.354 e. The summed E-state index contributed by atoms with van der Waals surface area (Å²) in [6.45, 7) is 2.07. The highest BCUT2D eigenvalue weighted by molar-refractivity contribution is 9.10. The van der Waals surface area contributed by atoms with E-state index in [1.165, 1.54) is 0 Å². The Labute approximate surface area is 100 Å². The largest absolute Gasteiger partial charge is 0.506 e. The van der Waals surface area contributed by atoms with Crippen LogP contribution in [0.5, 0.6) is 5.75 Å². The second-order valence-corrected chi connectivity index (χ2v) is 4.12. The summed E-state index contributed by atoms with van der Waals surface area (Å²) in [5.74, 6) is -0.307. The number of aromatic hydroxyl groups is 1. The molecule has 0 aliphatic rings. The second kappa shape index (κ2) is 4.17. The lowest BCUT2D eigenvalue weighted by Gasteiger charge is -1.96. The Morgan fingerprint density at radius 3 is 3.00 bits per heavy atom. The predicted octanol–water partition coefficient (Wildman–Crippen LogP) is 2.81. The van der Waals surface area contributed by atoms with Crippen LogP contribution in [0.25, 0.3) is 10.9 Å². The number of phenolic OH excluding ortho intramolecular Hbond substituents is 1. The molecule has 0 unspecified atom stereocenters. The van der Waals surface area contributed by atoms with Crippen LogP contribution in [0.3, 0.4) is 0 Å². The van der Waals surface area contributed by atoms with Gasteiger partial charge in [0.25, 0.3) is 0 Å². The fraction of sp³-hybridized carbons (Fsp3) is 0.182. The highest BCUT2D eigenvalue weighted by Crippen LogP contribution is 2.32. The molecular formula is C11H10BrNO3. The average molecular weight is 284 g/mol. The third-order valence-electron chi connectivity index (χ3n) is 2.22. The molecule has 2 aromatic rings. The molecule has 0 saturated carbocycles. The molecule has 0 bridgehead atoms. The number of esters is 1. The number of nitrogens with one attached hydrogen (secondary N) is 1. The summed E-state index contributed by atoms with van der Waals surface area (Å²) in [5.41, 5.74) is 1.04. The number of fused-ring (bicyclic) bond motifs is 1. The first-order chi connectivity index (χ1) is 7.63. The molecule has 0 spiro atoms. The van der Waals surface area contributed by atoms with Crippen LogP contribution in [0.1, 0.15) is 17.4 Å². The van der Waals surface area contributed by atoms with Crippen molar-refractivity contribution in [2.75, 3.05) is 6.61 Å². The second-order valence-electron chi connectivity index (χ2n) is 3.26. The fourth-order valence-electron chi connectivity index (χ4n) is 1.48. The smallest absolute Gasteiger partial charge is 0.354 e. The molecule has 84 valence electrons. The van der Waals surface area contributed by atoms with Gasteiger partial charge in [0, 0.05) is 10.9 Å². The van der Waals surface area contributed by atoms with Gasteiger partial charge in [-0.1, -0.05) is 0 Å². The van der Waals surface area contributed by atoms with Crippen molar-refractivity contribution in [1.29, 1.82) is 0 Å². The van der Waals surface area contributed by atoms with Gasteiger partial charge in [-0.2, -0.15) is 0 Å². The van der Waals surface area contributed by atoms with Crippen molar-refractivity contribution >= 4 is 32.8 Å². The third-order valence-corrected chi connectivity index (χ3v) is 2.86. The fourth-order valence-corrected chi connectivity index (χ4v) is 1.83. The van der Waals surface area contributed by atoms with Gasteiger partial charge in [0.05, 0.1) is 11.1 Å². The van der Waals surface area contributed by atoms with Crippen LogP contribution in [0, 0.1) is 0 Å². The minimum Gasteiger partial charge on any atom is -0.506 e. The number of phenols is 1. The van der Waals surface area contributed by atoms with E-state index in [2.05, 4.69) is 20.9 Å². The minimum absolute atomic E-state index is 0.115. The predicted molar refractivity (Wildman–Crippen MR) is 63.6 cm³/mol. The van der Waals surface area contributed by atoms with E-state index in [1.807, 2.05) is 0 Å². The summed E-state index contributed by atoms with van der Waals surface area (Å²) in [4.78, 5) is 14.4. The Bertz CT molecular complexity index is 547. The molecule has 0 atom stereocenters. The maximum absolute atomic E-state index is 11.5. The van der Waals surface area contributed by atoms with Crippen molar-refractivity contribution in [1.82, 2.24) is 4.98 Å². The van der Waals surface area contributed by atoms with Gasteiger partial charge in [-0.3, -0.25) is 0 Å². The van der Waals surface area contributed by atoms with Crippen LogP contribution in [0.2, 0.25) is 0 Å². The molecule has 4 nitrogen and oxygen atoms in total. The first-order valence-electron chi connectivity index (χ1n) is 4.80. The van der Waals surface area contributed by atoms with Gasteiger partial charge in [-0.15, -0.1) is 0 Å². The van der Waals surface area contributed by atoms with E-state index < -0.39 is 5.97 Å². The zero-order chi connectivity index (χ0) is 11.7. The quantitative estimate of drug-likeness (QED) is 0.833. The molecule has 0 aliphatic heterocycles. The van der Waals surface area contributed by atoms with Crippen molar-refractivity contribution < 1.29 is 14.6 Å². The van der Waals surface area contributed by atoms with Crippen LogP contribution in [0.15, 0.2) is 22.7 Å². The van der Waals surface area contributed by atoms with E-state index in [9.17, 15) is 9.90 Å². The molecule has 1 aromatic heterocycles. The average Bonchev–Trinajstić information content (AvgIpc) is 2.69. The first kappa shape index (κ1) is 11.0. The lowest BCUT2D eigenvalue weighted by atomic mass is 10.2. The molecule has 1 aromatic carbocycles. The molecule has 0 amide bonds. The highest BCUT2D eigenvalue weighted by Gasteiger charge is 2.13. The Morgan fingerprint density at radius 2 is 2.31 bits per heavy atom. The molecule has 5 heteroatoms. The Balaban J connectivity index is 2.52. The summed E-state index contributed by atoms with van der Waals surface area (Å²) in [5, 5.41) is 10.4. The molecule has 2 N–H and O–H groups in total. The number of carbonyl (C=O) groups is 1. The van der Waals surface area contributed by atoms with Gasteiger partial charge in [-0.25, -0.2) is 4.79 Å². The van der Waals surface area contributed by atoms with E-state index in [0.29, 0.717) is 27.7 Å². The topological polar surface area (TPSA) is 62.3 Å². The molecule has 0 saturated heterocycles. The van der Waals surface area contributed by atoms with Crippen molar-refractivity contribution in [2.45, 2.75) is 6.92 Å². The van der Waals surface area contributed by atoms with Crippen molar-refractivity contribution in [2.24, 2.45) is 0 Å². The zero-order valence-electron chi connectivity index (χ0n) is 8.58. The number of hydrogen-bond acceptors (Lipinski definition) is 3. The normalized spacial score (nSPS) is 10.6. The molecule has 0 radical (unpaired) electrons. The molecule has 0 aliphatic carbocycles. The summed E-state index contributed by atoms with van der Waals surface area (Å²) < 4.78 is 5.46. The molecule has 0 fully saturated rings. The van der Waals surface area contributed by atoms with Gasteiger partial charge >= 0.3 is 5.97 Å². The number of H-pyrrole nitrogens is 1. The van der Waals surface area contributed by atoms with E-state index in [-0.39, 0.29) is 5.75 Å². The Kier molecular flexibility index (Phi) is 2.87. The zero-order valence-corrected chi connectivity index (χ0v) is 10.2. The van der Waals surface area contributed by atoms with Crippen LogP contribution in [-0.4, -0.2) is 22.7 Å². The molecule has 2 rings (SSSR count). The van der Waals surface area contributed by atoms with E-state index in [1.54, 1.807) is 25.1 Å². The van der Waals surface area contributed by atoms with Gasteiger partial charge in [0.2, 0.25) is 0 Å². The summed E-state index contributed by atoms with van der Waals surface area (Å²) in [6, 6.07) is 5.07. The molecular weight excluding hydrogens is 274 g/mol. The van der Waals surface area contributed by atoms with Gasteiger partial charge in [0.1, 0.15) is 11.4 Å². The van der Waals surface area contributed by atoms with Crippen LogP contribution in [-0.2, 0) is 4.74 Å². The number of ether oxygens (including phenoxy) is 1.